The van der Waals surface area contributed by atoms with Crippen LogP contribution in [0.2, 0.25) is 0 Å². The summed E-state index contributed by atoms with van der Waals surface area (Å²) >= 11 is 6.74. The van der Waals surface area contributed by atoms with E-state index in [0.29, 0.717) is 44.0 Å². The monoisotopic (exact) mass is 618 g/mol. The maximum absolute atomic E-state index is 15.4. The first kappa shape index (κ1) is 27.8. The number of nitrogens with two attached hydrogens (primary N) is 1. The summed E-state index contributed by atoms with van der Waals surface area (Å²) in [5.41, 5.74) is 5.38. The molecule has 3 N–H and O–H groups in total. The van der Waals surface area contributed by atoms with E-state index in [0.717, 1.165) is 43.8 Å². The molecule has 3 aromatic heterocycles. The maximum Gasteiger partial charge on any atom is 0.352 e. The fourth-order valence-electron chi connectivity index (χ4n) is 6.05. The molecule has 14 heteroatoms. The van der Waals surface area contributed by atoms with E-state index in [4.69, 9.17) is 27.1 Å². The molecule has 3 aliphatic rings. The van der Waals surface area contributed by atoms with Crippen LogP contribution in [-0.4, -0.2) is 77.3 Å². The molecule has 2 saturated heterocycles. The molecular formula is C28H30ClF3N8OS. The Kier molecular flexibility index (Phi) is 7.03. The third-order valence-electron chi connectivity index (χ3n) is 8.39. The van der Waals surface area contributed by atoms with E-state index < -0.39 is 16.8 Å². The van der Waals surface area contributed by atoms with Crippen LogP contribution in [0.25, 0.3) is 32.4 Å². The van der Waals surface area contributed by atoms with Crippen molar-refractivity contribution < 1.29 is 17.9 Å². The van der Waals surface area contributed by atoms with Gasteiger partial charge in [0.1, 0.15) is 11.6 Å². The van der Waals surface area contributed by atoms with Crippen molar-refractivity contribution in [3.8, 4) is 17.3 Å². The lowest BCUT2D eigenvalue weighted by molar-refractivity contribution is 0.0968. The lowest BCUT2D eigenvalue weighted by Gasteiger charge is -2.30. The predicted molar refractivity (Wildman–Crippen MR) is 158 cm³/mol. The summed E-state index contributed by atoms with van der Waals surface area (Å²) in [5.74, 6) is -0.0888. The Morgan fingerprint density at radius 2 is 1.83 bits per heavy atom. The summed E-state index contributed by atoms with van der Waals surface area (Å²) in [6.07, 6.45) is 5.96. The number of rotatable bonds is 8. The van der Waals surface area contributed by atoms with Gasteiger partial charge in [-0.2, -0.15) is 18.7 Å². The Bertz CT molecular complexity index is 1650. The van der Waals surface area contributed by atoms with E-state index in [2.05, 4.69) is 25.2 Å². The highest BCUT2D eigenvalue weighted by Crippen LogP contribution is 2.48. The molecule has 0 bridgehead atoms. The zero-order chi connectivity index (χ0) is 29.1. The molecule has 4 aromatic rings. The summed E-state index contributed by atoms with van der Waals surface area (Å²) in [5, 5.41) is -0.130. The van der Waals surface area contributed by atoms with Crippen molar-refractivity contribution in [2.24, 2.45) is 5.41 Å². The Morgan fingerprint density at radius 1 is 1.07 bits per heavy atom. The van der Waals surface area contributed by atoms with Crippen molar-refractivity contribution >= 4 is 55.0 Å². The molecule has 1 aromatic carbocycles. The maximum atomic E-state index is 15.4. The van der Waals surface area contributed by atoms with Crippen molar-refractivity contribution in [1.82, 2.24) is 30.2 Å². The molecule has 3 fully saturated rings. The minimum absolute atomic E-state index is 0.0186. The predicted octanol–water partition coefficient (Wildman–Crippen LogP) is 4.98. The number of hydrogen-bond acceptors (Lipinski definition) is 10. The number of ether oxygens (including phenoxy) is 1. The van der Waals surface area contributed by atoms with Crippen LogP contribution < -0.4 is 20.7 Å². The number of pyridine rings is 1. The van der Waals surface area contributed by atoms with E-state index in [9.17, 15) is 4.39 Å². The first-order chi connectivity index (χ1) is 20.2. The zero-order valence-corrected chi connectivity index (χ0v) is 24.4. The highest BCUT2D eigenvalue weighted by Gasteiger charge is 2.45. The fraction of sp³-hybridized carbons (Fsp3) is 0.500. The number of thiazole rings is 1. The van der Waals surface area contributed by atoms with Gasteiger partial charge < -0.3 is 25.6 Å². The van der Waals surface area contributed by atoms with Crippen LogP contribution >= 0.6 is 22.9 Å². The number of likely N-dealkylation sites (tertiary alicyclic amines) is 1. The van der Waals surface area contributed by atoms with Crippen LogP contribution in [0, 0.1) is 11.2 Å². The number of alkyl halides is 3. The summed E-state index contributed by atoms with van der Waals surface area (Å²) in [6, 6.07) is 2.57. The molecule has 1 saturated carbocycles. The number of nitrogen functional groups attached to an aromatic ring is 1. The Balaban J connectivity index is 1.36. The average molecular weight is 619 g/mol. The molecule has 222 valence electrons. The molecule has 7 rings (SSSR count). The number of nitrogens with one attached hydrogen (secondary N) is 1. The lowest BCUT2D eigenvalue weighted by atomic mass is 10.0. The molecule has 0 radical (unpaired) electrons. The van der Waals surface area contributed by atoms with Gasteiger partial charge in [0, 0.05) is 49.9 Å². The molecule has 5 heterocycles. The van der Waals surface area contributed by atoms with Gasteiger partial charge in [0.2, 0.25) is 0 Å². The first-order valence-electron chi connectivity index (χ1n) is 14.1. The molecule has 0 amide bonds. The quantitative estimate of drug-likeness (QED) is 0.265. The summed E-state index contributed by atoms with van der Waals surface area (Å²) in [7, 11) is 0. The molecule has 1 aliphatic carbocycles. The third-order valence-corrected chi connectivity index (χ3v) is 9.47. The smallest absolute Gasteiger partial charge is 0.352 e. The van der Waals surface area contributed by atoms with Gasteiger partial charge in [-0.05, 0) is 62.5 Å². The first-order valence-corrected chi connectivity index (χ1v) is 15.3. The number of anilines is 2. The summed E-state index contributed by atoms with van der Waals surface area (Å²) < 4.78 is 51.8. The number of fused-ring (bicyclic) bond motifs is 2. The fourth-order valence-corrected chi connectivity index (χ4v) is 6.99. The lowest BCUT2D eigenvalue weighted by Crippen LogP contribution is -2.44. The number of piperazine rings is 1. The SMILES string of the molecule is Nc1nc2c(-c3ncc4c(N5CCNCC5)nc(OCC5(CN6CCCC6)CC5)nc4c3C(F)(F)Cl)ccc(F)c2s1. The summed E-state index contributed by atoms with van der Waals surface area (Å²) in [6.45, 7) is 6.19. The highest BCUT2D eigenvalue weighted by atomic mass is 35.5. The third kappa shape index (κ3) is 5.20. The van der Waals surface area contributed by atoms with Gasteiger partial charge in [0.05, 0.1) is 39.0 Å². The van der Waals surface area contributed by atoms with Crippen molar-refractivity contribution in [3.05, 3.63) is 29.7 Å². The standard InChI is InChI=1S/C28H30ClF3N8OS/c29-28(31,32)19-20(16-3-4-18(30)23-22(16)36-25(33)42-23)35-13-17-21(19)37-26(38-24(17)40-11-7-34-8-12-40)41-15-27(5-6-27)14-39-9-1-2-10-39/h3-4,13,34H,1-2,5-12,14-15H2,(H2,33,36). The van der Waals surface area contributed by atoms with Crippen molar-refractivity contribution in [1.29, 1.82) is 0 Å². The minimum atomic E-state index is -3.87. The van der Waals surface area contributed by atoms with Gasteiger partial charge >= 0.3 is 11.4 Å². The molecular weight excluding hydrogens is 589 g/mol. The van der Waals surface area contributed by atoms with Gasteiger partial charge in [-0.1, -0.05) is 11.3 Å². The number of hydrogen-bond donors (Lipinski definition) is 2. The van der Waals surface area contributed by atoms with Gasteiger partial charge in [0.15, 0.2) is 5.13 Å². The average Bonchev–Trinajstić information content (AvgIpc) is 3.32. The number of nitrogens with zero attached hydrogens (tertiary/aromatic N) is 6. The van der Waals surface area contributed by atoms with Gasteiger partial charge in [0.25, 0.3) is 0 Å². The zero-order valence-electron chi connectivity index (χ0n) is 22.8. The second-order valence-corrected chi connectivity index (χ2v) is 12.9. The van der Waals surface area contributed by atoms with E-state index in [-0.39, 0.29) is 43.5 Å². The molecule has 0 spiro atoms. The van der Waals surface area contributed by atoms with Crippen LogP contribution in [0.4, 0.5) is 24.1 Å². The molecule has 2 aliphatic heterocycles. The highest BCUT2D eigenvalue weighted by molar-refractivity contribution is 7.22. The molecule has 0 atom stereocenters. The van der Waals surface area contributed by atoms with Gasteiger partial charge in [-0.25, -0.2) is 9.37 Å². The van der Waals surface area contributed by atoms with Crippen LogP contribution in [0.5, 0.6) is 6.01 Å². The van der Waals surface area contributed by atoms with Crippen molar-refractivity contribution in [2.75, 3.05) is 63.1 Å². The largest absolute Gasteiger partial charge is 0.463 e. The van der Waals surface area contributed by atoms with E-state index in [1.54, 1.807) is 0 Å². The Morgan fingerprint density at radius 3 is 2.55 bits per heavy atom. The second-order valence-electron chi connectivity index (χ2n) is 11.4. The normalized spacial score (nSPS) is 19.2. The number of aromatic nitrogens is 4. The molecule has 9 nitrogen and oxygen atoms in total. The van der Waals surface area contributed by atoms with Gasteiger partial charge in [-0.15, -0.1) is 0 Å². The van der Waals surface area contributed by atoms with Crippen LogP contribution in [0.3, 0.4) is 0 Å². The Labute approximate surface area is 249 Å². The second kappa shape index (κ2) is 10.6. The topological polar surface area (TPSA) is 105 Å². The van der Waals surface area contributed by atoms with Crippen molar-refractivity contribution in [2.45, 2.75) is 31.1 Å². The minimum Gasteiger partial charge on any atom is -0.463 e. The number of benzene rings is 1. The van der Waals surface area contributed by atoms with E-state index in [1.807, 2.05) is 4.90 Å². The van der Waals surface area contributed by atoms with Gasteiger partial charge in [-0.3, -0.25) is 4.98 Å². The summed E-state index contributed by atoms with van der Waals surface area (Å²) in [4.78, 5) is 22.4. The van der Waals surface area contributed by atoms with Crippen molar-refractivity contribution in [3.63, 3.8) is 0 Å². The van der Waals surface area contributed by atoms with Crippen LogP contribution in [-0.2, 0) is 5.38 Å². The molecule has 42 heavy (non-hydrogen) atoms. The molecule has 0 unspecified atom stereocenters. The number of halogens is 4. The van der Waals surface area contributed by atoms with Crippen LogP contribution in [0.1, 0.15) is 31.2 Å². The van der Waals surface area contributed by atoms with E-state index >= 15 is 8.78 Å². The Hall–Kier alpha value is -3.00. The van der Waals surface area contributed by atoms with Crippen LogP contribution in [0.15, 0.2) is 18.3 Å². The van der Waals surface area contributed by atoms with E-state index in [1.165, 1.54) is 31.2 Å².